The molecule has 0 aromatic heterocycles. The normalized spacial score (nSPS) is 23.9. The fourth-order valence-corrected chi connectivity index (χ4v) is 2.04. The van der Waals surface area contributed by atoms with Crippen LogP contribution in [0, 0.1) is 0 Å². The third-order valence-corrected chi connectivity index (χ3v) is 3.36. The number of hydrogen-bond acceptors (Lipinski definition) is 3. The largest absolute Gasteiger partial charge is 0.383 e. The zero-order chi connectivity index (χ0) is 12.7. The predicted molar refractivity (Wildman–Crippen MR) is 53.3 cm³/mol. The van der Waals surface area contributed by atoms with E-state index in [-0.39, 0.29) is 32.5 Å². The molecule has 2 amide bonds. The Labute approximate surface area is 96.8 Å². The van der Waals surface area contributed by atoms with Crippen molar-refractivity contribution >= 4 is 11.8 Å². The molecule has 0 aromatic carbocycles. The number of amides is 2. The van der Waals surface area contributed by atoms with Crippen LogP contribution in [-0.4, -0.2) is 53.0 Å². The molecule has 0 bridgehead atoms. The van der Waals surface area contributed by atoms with Crippen molar-refractivity contribution < 1.29 is 23.5 Å². The highest BCUT2D eigenvalue weighted by Crippen LogP contribution is 2.45. The number of piperazine rings is 1. The molecular weight excluding hydrogens is 234 g/mol. The molecule has 2 aliphatic rings. The van der Waals surface area contributed by atoms with Crippen molar-refractivity contribution in [3.8, 4) is 0 Å². The Morgan fingerprint density at radius 2 is 2.12 bits per heavy atom. The number of halogens is 2. The van der Waals surface area contributed by atoms with Gasteiger partial charge in [-0.1, -0.05) is 0 Å². The van der Waals surface area contributed by atoms with Crippen LogP contribution in [0.2, 0.25) is 0 Å². The van der Waals surface area contributed by atoms with Crippen molar-refractivity contribution in [2.45, 2.75) is 30.8 Å². The SMILES string of the molecule is O=C1CN(C(=O)C(F)(F)C2(O)CCC2)CCN1. The molecule has 7 heteroatoms. The molecule has 0 unspecified atom stereocenters. The van der Waals surface area contributed by atoms with Gasteiger partial charge < -0.3 is 15.3 Å². The molecule has 1 saturated heterocycles. The quantitative estimate of drug-likeness (QED) is 0.692. The van der Waals surface area contributed by atoms with Gasteiger partial charge in [-0.25, -0.2) is 0 Å². The minimum absolute atomic E-state index is 0.0518. The molecule has 17 heavy (non-hydrogen) atoms. The zero-order valence-electron chi connectivity index (χ0n) is 9.21. The van der Waals surface area contributed by atoms with Gasteiger partial charge in [-0.2, -0.15) is 8.78 Å². The maximum Gasteiger partial charge on any atom is 0.352 e. The van der Waals surface area contributed by atoms with Crippen LogP contribution in [-0.2, 0) is 9.59 Å². The first-order valence-corrected chi connectivity index (χ1v) is 5.53. The predicted octanol–water partition coefficient (Wildman–Crippen LogP) is -0.505. The number of hydrogen-bond donors (Lipinski definition) is 2. The number of alkyl halides is 2. The second-order valence-corrected chi connectivity index (χ2v) is 4.54. The Hall–Kier alpha value is -1.24. The van der Waals surface area contributed by atoms with Gasteiger partial charge in [-0.15, -0.1) is 0 Å². The molecule has 5 nitrogen and oxygen atoms in total. The van der Waals surface area contributed by atoms with E-state index in [9.17, 15) is 23.5 Å². The van der Waals surface area contributed by atoms with Crippen molar-refractivity contribution in [1.29, 1.82) is 0 Å². The molecule has 1 heterocycles. The Morgan fingerprint density at radius 3 is 2.59 bits per heavy atom. The molecule has 0 spiro atoms. The van der Waals surface area contributed by atoms with Crippen LogP contribution >= 0.6 is 0 Å². The van der Waals surface area contributed by atoms with Gasteiger partial charge in [-0.05, 0) is 19.3 Å². The van der Waals surface area contributed by atoms with Crippen LogP contribution in [0.1, 0.15) is 19.3 Å². The van der Waals surface area contributed by atoms with Gasteiger partial charge in [0.2, 0.25) is 5.91 Å². The first-order valence-electron chi connectivity index (χ1n) is 5.53. The number of aliphatic hydroxyl groups is 1. The van der Waals surface area contributed by atoms with E-state index in [1.165, 1.54) is 0 Å². The highest BCUT2D eigenvalue weighted by molar-refractivity contribution is 5.90. The van der Waals surface area contributed by atoms with Gasteiger partial charge >= 0.3 is 5.92 Å². The van der Waals surface area contributed by atoms with E-state index in [0.717, 1.165) is 4.90 Å². The molecule has 2 fully saturated rings. The lowest BCUT2D eigenvalue weighted by atomic mass is 9.75. The molecule has 96 valence electrons. The summed E-state index contributed by atoms with van der Waals surface area (Å²) in [5.74, 6) is -5.71. The van der Waals surface area contributed by atoms with Crippen molar-refractivity contribution in [3.05, 3.63) is 0 Å². The Balaban J connectivity index is 2.10. The standard InChI is InChI=1S/C10H14F2N2O3/c11-10(12,9(17)2-1-3-9)8(16)14-5-4-13-7(15)6-14/h17H,1-6H2,(H,13,15). The van der Waals surface area contributed by atoms with Crippen molar-refractivity contribution in [1.82, 2.24) is 10.2 Å². The van der Waals surface area contributed by atoms with Crippen LogP contribution in [0.5, 0.6) is 0 Å². The van der Waals surface area contributed by atoms with Gasteiger partial charge in [0.1, 0.15) is 5.60 Å². The number of carbonyl (C=O) groups is 2. The molecular formula is C10H14F2N2O3. The monoisotopic (exact) mass is 248 g/mol. The van der Waals surface area contributed by atoms with Crippen LogP contribution in [0.15, 0.2) is 0 Å². The second-order valence-electron chi connectivity index (χ2n) is 4.54. The average molecular weight is 248 g/mol. The van der Waals surface area contributed by atoms with Crippen LogP contribution in [0.25, 0.3) is 0 Å². The van der Waals surface area contributed by atoms with E-state index in [1.54, 1.807) is 0 Å². The van der Waals surface area contributed by atoms with Crippen LogP contribution in [0.4, 0.5) is 8.78 Å². The van der Waals surface area contributed by atoms with Crippen LogP contribution < -0.4 is 5.32 Å². The minimum Gasteiger partial charge on any atom is -0.383 e. The topological polar surface area (TPSA) is 69.6 Å². The molecule has 2 N–H and O–H groups in total. The molecule has 0 atom stereocenters. The maximum absolute atomic E-state index is 13.8. The summed E-state index contributed by atoms with van der Waals surface area (Å²) in [5, 5.41) is 12.1. The lowest BCUT2D eigenvalue weighted by molar-refractivity contribution is -0.223. The van der Waals surface area contributed by atoms with E-state index in [4.69, 9.17) is 0 Å². The molecule has 1 aliphatic heterocycles. The molecule has 1 aliphatic carbocycles. The number of rotatable bonds is 2. The molecule has 1 saturated carbocycles. The van der Waals surface area contributed by atoms with E-state index in [0.29, 0.717) is 6.42 Å². The van der Waals surface area contributed by atoms with Crippen molar-refractivity contribution in [2.75, 3.05) is 19.6 Å². The fourth-order valence-electron chi connectivity index (χ4n) is 2.04. The zero-order valence-corrected chi connectivity index (χ0v) is 9.21. The third kappa shape index (κ3) is 1.88. The summed E-state index contributed by atoms with van der Waals surface area (Å²) in [6, 6.07) is 0. The number of nitrogens with zero attached hydrogens (tertiary/aromatic N) is 1. The van der Waals surface area contributed by atoms with E-state index >= 15 is 0 Å². The Morgan fingerprint density at radius 1 is 1.47 bits per heavy atom. The molecule has 0 radical (unpaired) electrons. The van der Waals surface area contributed by atoms with Gasteiger partial charge in [0.05, 0.1) is 6.54 Å². The molecule has 0 aromatic rings. The van der Waals surface area contributed by atoms with Crippen molar-refractivity contribution in [3.63, 3.8) is 0 Å². The molecule has 2 rings (SSSR count). The third-order valence-electron chi connectivity index (χ3n) is 3.36. The Kier molecular flexibility index (Phi) is 2.81. The van der Waals surface area contributed by atoms with Gasteiger partial charge in [0.25, 0.3) is 5.91 Å². The van der Waals surface area contributed by atoms with E-state index in [1.807, 2.05) is 0 Å². The van der Waals surface area contributed by atoms with Gasteiger partial charge in [-0.3, -0.25) is 9.59 Å². The smallest absolute Gasteiger partial charge is 0.352 e. The van der Waals surface area contributed by atoms with Gasteiger partial charge in [0, 0.05) is 13.1 Å². The highest BCUT2D eigenvalue weighted by Gasteiger charge is 2.62. The summed E-state index contributed by atoms with van der Waals surface area (Å²) in [6.07, 6.45) is 0.331. The van der Waals surface area contributed by atoms with Gasteiger partial charge in [0.15, 0.2) is 0 Å². The lowest BCUT2D eigenvalue weighted by Gasteiger charge is -2.43. The van der Waals surface area contributed by atoms with E-state index in [2.05, 4.69) is 5.32 Å². The summed E-state index contributed by atoms with van der Waals surface area (Å²) in [6.45, 7) is -0.153. The number of carbonyl (C=O) groups excluding carboxylic acids is 2. The summed E-state index contributed by atoms with van der Waals surface area (Å²) in [5.41, 5.74) is -2.22. The van der Waals surface area contributed by atoms with Crippen LogP contribution in [0.3, 0.4) is 0 Å². The summed E-state index contributed by atoms with van der Waals surface area (Å²) in [7, 11) is 0. The fraction of sp³-hybridized carbons (Fsp3) is 0.800. The number of nitrogens with one attached hydrogen (secondary N) is 1. The summed E-state index contributed by atoms with van der Waals surface area (Å²) < 4.78 is 27.6. The second kappa shape index (κ2) is 3.90. The maximum atomic E-state index is 13.8. The minimum atomic E-state index is -3.80. The first-order chi connectivity index (χ1) is 7.87. The highest BCUT2D eigenvalue weighted by atomic mass is 19.3. The van der Waals surface area contributed by atoms with Crippen molar-refractivity contribution in [2.24, 2.45) is 0 Å². The average Bonchev–Trinajstić information content (AvgIpc) is 2.24. The summed E-state index contributed by atoms with van der Waals surface area (Å²) in [4.78, 5) is 23.5. The summed E-state index contributed by atoms with van der Waals surface area (Å²) >= 11 is 0. The first kappa shape index (κ1) is 12.2. The van der Waals surface area contributed by atoms with E-state index < -0.39 is 23.3 Å². The lowest BCUT2D eigenvalue weighted by Crippen LogP contribution is -2.63. The Bertz CT molecular complexity index is 355.